The van der Waals surface area contributed by atoms with Gasteiger partial charge in [-0.15, -0.1) is 0 Å². The summed E-state index contributed by atoms with van der Waals surface area (Å²) in [6, 6.07) is 2.32. The van der Waals surface area contributed by atoms with Gasteiger partial charge in [-0.2, -0.15) is 5.10 Å². The molecule has 2 rings (SSSR count). The summed E-state index contributed by atoms with van der Waals surface area (Å²) in [5, 5.41) is 13.8. The van der Waals surface area contributed by atoms with E-state index in [1.165, 1.54) is 0 Å². The largest absolute Gasteiger partial charge is 0.395 e. The molecule has 1 aromatic heterocycles. The third-order valence-corrected chi connectivity index (χ3v) is 4.98. The van der Waals surface area contributed by atoms with E-state index in [0.29, 0.717) is 18.8 Å². The lowest BCUT2D eigenvalue weighted by molar-refractivity contribution is 0.0461. The van der Waals surface area contributed by atoms with Crippen molar-refractivity contribution in [2.45, 2.75) is 52.1 Å². The minimum absolute atomic E-state index is 0.0751. The highest BCUT2D eigenvalue weighted by molar-refractivity contribution is 5.92. The first-order valence-electron chi connectivity index (χ1n) is 8.83. The van der Waals surface area contributed by atoms with Gasteiger partial charge in [-0.05, 0) is 25.3 Å². The van der Waals surface area contributed by atoms with Gasteiger partial charge in [-0.25, -0.2) is 0 Å². The van der Waals surface area contributed by atoms with Gasteiger partial charge in [0.25, 0.3) is 5.91 Å². The quantitative estimate of drug-likeness (QED) is 0.831. The maximum Gasteiger partial charge on any atom is 0.272 e. The first kappa shape index (κ1) is 17.9. The smallest absolute Gasteiger partial charge is 0.272 e. The Morgan fingerprint density at radius 1 is 1.13 bits per heavy atom. The van der Waals surface area contributed by atoms with E-state index >= 15 is 0 Å². The third-order valence-electron chi connectivity index (χ3n) is 4.98. The molecule has 2 heterocycles. The number of hydrogen-bond donors (Lipinski definition) is 1. The molecule has 1 aromatic rings. The van der Waals surface area contributed by atoms with E-state index in [2.05, 4.69) is 30.8 Å². The number of carbonyl (C=O) groups excluding carboxylic acids is 1. The predicted octanol–water partition coefficient (Wildman–Crippen LogP) is 1.77. The molecule has 0 aliphatic carbocycles. The van der Waals surface area contributed by atoms with Crippen molar-refractivity contribution >= 4 is 5.91 Å². The fourth-order valence-electron chi connectivity index (χ4n) is 3.36. The van der Waals surface area contributed by atoms with Gasteiger partial charge in [0.1, 0.15) is 5.69 Å². The molecule has 1 N–H and O–H groups in total. The molecule has 0 spiro atoms. The lowest BCUT2D eigenvalue weighted by Gasteiger charge is -2.38. The molecule has 1 amide bonds. The number of aromatic nitrogens is 2. The minimum atomic E-state index is 0.0751. The van der Waals surface area contributed by atoms with Gasteiger partial charge < -0.3 is 10.0 Å². The number of carbonyl (C=O) groups is 1. The van der Waals surface area contributed by atoms with Crippen molar-refractivity contribution in [3.63, 3.8) is 0 Å². The highest BCUT2D eigenvalue weighted by atomic mass is 16.3. The maximum absolute atomic E-state index is 12.8. The molecule has 130 valence electrons. The molecule has 1 atom stereocenters. The van der Waals surface area contributed by atoms with Crippen molar-refractivity contribution in [1.29, 1.82) is 0 Å². The summed E-state index contributed by atoms with van der Waals surface area (Å²) < 4.78 is 1.89. The summed E-state index contributed by atoms with van der Waals surface area (Å²) in [5.74, 6) is 0.0751. The summed E-state index contributed by atoms with van der Waals surface area (Å²) >= 11 is 0. The average Bonchev–Trinajstić information content (AvgIpc) is 3.06. The summed E-state index contributed by atoms with van der Waals surface area (Å²) in [6.45, 7) is 9.60. The van der Waals surface area contributed by atoms with E-state index in [4.69, 9.17) is 0 Å². The van der Waals surface area contributed by atoms with Crippen molar-refractivity contribution in [2.24, 2.45) is 0 Å². The summed E-state index contributed by atoms with van der Waals surface area (Å²) in [4.78, 5) is 17.0. The van der Waals surface area contributed by atoms with Crippen molar-refractivity contribution in [1.82, 2.24) is 19.6 Å². The first-order valence-corrected chi connectivity index (χ1v) is 8.83. The Bertz CT molecular complexity index is 487. The number of rotatable bonds is 7. The van der Waals surface area contributed by atoms with E-state index in [9.17, 15) is 9.90 Å². The SMILES string of the molecule is CCC(CO)N1CCN(C(=O)c2ccnn2C(CC)CC)CC1. The Balaban J connectivity index is 2.02. The Labute approximate surface area is 139 Å². The number of hydrogen-bond acceptors (Lipinski definition) is 4. The van der Waals surface area contributed by atoms with Crippen molar-refractivity contribution in [3.8, 4) is 0 Å². The van der Waals surface area contributed by atoms with Crippen LogP contribution in [0.2, 0.25) is 0 Å². The van der Waals surface area contributed by atoms with Crippen molar-refractivity contribution in [3.05, 3.63) is 18.0 Å². The van der Waals surface area contributed by atoms with Crippen molar-refractivity contribution < 1.29 is 9.90 Å². The molecule has 6 nitrogen and oxygen atoms in total. The average molecular weight is 322 g/mol. The van der Waals surface area contributed by atoms with Gasteiger partial charge in [-0.3, -0.25) is 14.4 Å². The summed E-state index contributed by atoms with van der Waals surface area (Å²) in [5.41, 5.74) is 0.696. The zero-order chi connectivity index (χ0) is 16.8. The van der Waals surface area contributed by atoms with Crippen LogP contribution in [0, 0.1) is 0 Å². The first-order chi connectivity index (χ1) is 11.2. The minimum Gasteiger partial charge on any atom is -0.395 e. The fraction of sp³-hybridized carbons (Fsp3) is 0.765. The Hall–Kier alpha value is -1.40. The molecule has 23 heavy (non-hydrogen) atoms. The lowest BCUT2D eigenvalue weighted by Crippen LogP contribution is -2.53. The number of aliphatic hydroxyl groups is 1. The zero-order valence-corrected chi connectivity index (χ0v) is 14.6. The van der Waals surface area contributed by atoms with E-state index in [1.807, 2.05) is 15.6 Å². The van der Waals surface area contributed by atoms with Crippen LogP contribution in [0.5, 0.6) is 0 Å². The Morgan fingerprint density at radius 2 is 1.74 bits per heavy atom. The van der Waals surface area contributed by atoms with Gasteiger partial charge in [0, 0.05) is 38.4 Å². The number of aliphatic hydroxyl groups excluding tert-OH is 1. The third kappa shape index (κ3) is 3.93. The Morgan fingerprint density at radius 3 is 2.26 bits per heavy atom. The van der Waals surface area contributed by atoms with Crippen LogP contribution in [0.4, 0.5) is 0 Å². The number of piperazine rings is 1. The molecule has 0 radical (unpaired) electrons. The molecule has 1 aliphatic heterocycles. The molecule has 0 bridgehead atoms. The molecule has 1 fully saturated rings. The van der Waals surface area contributed by atoms with Crippen LogP contribution in [0.1, 0.15) is 56.6 Å². The fourth-order valence-corrected chi connectivity index (χ4v) is 3.36. The van der Waals surface area contributed by atoms with Gasteiger partial charge in [0.05, 0.1) is 12.6 Å². The van der Waals surface area contributed by atoms with Gasteiger partial charge in [0.15, 0.2) is 0 Å². The molecule has 6 heteroatoms. The maximum atomic E-state index is 12.8. The molecule has 0 aromatic carbocycles. The standard InChI is InChI=1S/C17H30N4O2/c1-4-14(5-2)21-16(7-8-18-21)17(23)20-11-9-19(10-12-20)15(6-3)13-22/h7-8,14-15,22H,4-6,9-13H2,1-3H3. The van der Waals surface area contributed by atoms with Crippen molar-refractivity contribution in [2.75, 3.05) is 32.8 Å². The molecule has 1 unspecified atom stereocenters. The topological polar surface area (TPSA) is 61.6 Å². The lowest BCUT2D eigenvalue weighted by atomic mass is 10.1. The molecular formula is C17H30N4O2. The van der Waals surface area contributed by atoms with Gasteiger partial charge in [0.2, 0.25) is 0 Å². The summed E-state index contributed by atoms with van der Waals surface area (Å²) in [7, 11) is 0. The highest BCUT2D eigenvalue weighted by Crippen LogP contribution is 2.19. The number of amides is 1. The molecular weight excluding hydrogens is 292 g/mol. The van der Waals surface area contributed by atoms with E-state index < -0.39 is 0 Å². The van der Waals surface area contributed by atoms with E-state index in [-0.39, 0.29) is 24.6 Å². The highest BCUT2D eigenvalue weighted by Gasteiger charge is 2.27. The van der Waals surface area contributed by atoms with Crippen LogP contribution in [0.3, 0.4) is 0 Å². The van der Waals surface area contributed by atoms with Gasteiger partial charge >= 0.3 is 0 Å². The monoisotopic (exact) mass is 322 g/mol. The second-order valence-corrected chi connectivity index (χ2v) is 6.20. The number of nitrogens with zero attached hydrogens (tertiary/aromatic N) is 4. The van der Waals surface area contributed by atoms with E-state index in [1.54, 1.807) is 6.20 Å². The normalized spacial score (nSPS) is 17.7. The predicted molar refractivity (Wildman–Crippen MR) is 90.5 cm³/mol. The second-order valence-electron chi connectivity index (χ2n) is 6.20. The Kier molecular flexibility index (Phi) is 6.59. The molecule has 1 saturated heterocycles. The molecule has 0 saturated carbocycles. The van der Waals surface area contributed by atoms with Crippen LogP contribution in [0.25, 0.3) is 0 Å². The van der Waals surface area contributed by atoms with Gasteiger partial charge in [-0.1, -0.05) is 20.8 Å². The van der Waals surface area contributed by atoms with Crippen LogP contribution in [-0.4, -0.2) is 69.4 Å². The van der Waals surface area contributed by atoms with E-state index in [0.717, 1.165) is 32.4 Å². The zero-order valence-electron chi connectivity index (χ0n) is 14.6. The van der Waals surface area contributed by atoms with Crippen LogP contribution in [-0.2, 0) is 0 Å². The van der Waals surface area contributed by atoms with Crippen LogP contribution in [0.15, 0.2) is 12.3 Å². The van der Waals surface area contributed by atoms with Crippen LogP contribution < -0.4 is 0 Å². The van der Waals surface area contributed by atoms with Crippen LogP contribution >= 0.6 is 0 Å². The summed E-state index contributed by atoms with van der Waals surface area (Å²) in [6.07, 6.45) is 4.61. The molecule has 1 aliphatic rings. The second kappa shape index (κ2) is 8.45.